The zero-order valence-electron chi connectivity index (χ0n) is 24.3. The smallest absolute Gasteiger partial charge is 0.277 e. The van der Waals surface area contributed by atoms with Gasteiger partial charge in [-0.1, -0.05) is 0 Å². The van der Waals surface area contributed by atoms with Crippen molar-refractivity contribution < 1.29 is 23.6 Å². The third-order valence-electron chi connectivity index (χ3n) is 6.82. The number of hydrogen-bond acceptors (Lipinski definition) is 7. The summed E-state index contributed by atoms with van der Waals surface area (Å²) < 4.78 is 23.7. The Kier molecular flexibility index (Phi) is 8.66. The minimum Gasteiger partial charge on any atom is -0.379 e. The number of nitrogens with zero attached hydrogens (tertiary/aromatic N) is 6. The predicted molar refractivity (Wildman–Crippen MR) is 156 cm³/mol. The highest BCUT2D eigenvalue weighted by Crippen LogP contribution is 2.23. The summed E-state index contributed by atoms with van der Waals surface area (Å²) in [5.41, 5.74) is 2.11. The van der Waals surface area contributed by atoms with Crippen molar-refractivity contribution in [3.8, 4) is 11.1 Å². The summed E-state index contributed by atoms with van der Waals surface area (Å²) >= 11 is 0. The van der Waals surface area contributed by atoms with E-state index < -0.39 is 23.2 Å². The van der Waals surface area contributed by atoms with Gasteiger partial charge in [-0.3, -0.25) is 28.4 Å². The summed E-state index contributed by atoms with van der Waals surface area (Å²) in [5.74, 6) is -1.66. The van der Waals surface area contributed by atoms with Crippen molar-refractivity contribution in [1.29, 1.82) is 0 Å². The van der Waals surface area contributed by atoms with Crippen LogP contribution >= 0.6 is 0 Å². The number of morpholine rings is 1. The molecule has 2 amide bonds. The molecule has 1 N–H and O–H groups in total. The first-order valence-corrected chi connectivity index (χ1v) is 14.0. The molecular formula is C30H36FN7O4. The van der Waals surface area contributed by atoms with Gasteiger partial charge < -0.3 is 10.1 Å². The number of ether oxygens (including phenoxy) is 1. The molecule has 1 aliphatic rings. The second-order valence-corrected chi connectivity index (χ2v) is 11.1. The number of carbonyl (C=O) groups excluding carboxylic acids is 2. The standard InChI is InChI=1S/C30H36FN7O4/c1-5-38(42-30(2,3)4)29(40)22-6-7-24(31)25(16-22)34-28(39)26-19-32-27-17-21(8-9-37(26)27)23-18-33-36(20-23)11-10-35-12-14-41-15-13-35/h6-9,16-20H,5,10-15H2,1-4H3,(H,34,39). The van der Waals surface area contributed by atoms with Gasteiger partial charge in [0.15, 0.2) is 0 Å². The fourth-order valence-electron chi connectivity index (χ4n) is 4.70. The number of anilines is 1. The Hall–Kier alpha value is -4.13. The van der Waals surface area contributed by atoms with Gasteiger partial charge in [0.2, 0.25) is 0 Å². The van der Waals surface area contributed by atoms with E-state index >= 15 is 0 Å². The summed E-state index contributed by atoms with van der Waals surface area (Å²) in [6, 6.07) is 7.57. The van der Waals surface area contributed by atoms with Gasteiger partial charge in [0.25, 0.3) is 11.8 Å². The van der Waals surface area contributed by atoms with Crippen LogP contribution in [0.4, 0.5) is 10.1 Å². The molecule has 0 aliphatic carbocycles. The molecule has 12 heteroatoms. The molecule has 0 spiro atoms. The number of fused-ring (bicyclic) bond motifs is 1. The summed E-state index contributed by atoms with van der Waals surface area (Å²) in [6.45, 7) is 12.7. The van der Waals surface area contributed by atoms with Crippen LogP contribution in [0.2, 0.25) is 0 Å². The number of nitrogens with one attached hydrogen (secondary N) is 1. The number of imidazole rings is 1. The first kappa shape index (κ1) is 29.4. The van der Waals surface area contributed by atoms with Crippen molar-refractivity contribution in [3.05, 3.63) is 72.2 Å². The molecule has 1 aromatic carbocycles. The predicted octanol–water partition coefficient (Wildman–Crippen LogP) is 4.11. The zero-order chi connectivity index (χ0) is 29.9. The van der Waals surface area contributed by atoms with Crippen molar-refractivity contribution in [1.82, 2.24) is 29.1 Å². The van der Waals surface area contributed by atoms with Crippen LogP contribution in [-0.4, -0.2) is 85.9 Å². The number of hydrogen-bond donors (Lipinski definition) is 1. The van der Waals surface area contributed by atoms with Crippen LogP contribution in [0.1, 0.15) is 48.5 Å². The summed E-state index contributed by atoms with van der Waals surface area (Å²) in [7, 11) is 0. The average molecular weight is 578 g/mol. The number of benzene rings is 1. The summed E-state index contributed by atoms with van der Waals surface area (Å²) in [6.07, 6.45) is 6.98. The number of hydroxylamine groups is 2. The third-order valence-corrected chi connectivity index (χ3v) is 6.82. The van der Waals surface area contributed by atoms with E-state index in [1.165, 1.54) is 23.4 Å². The van der Waals surface area contributed by atoms with E-state index in [2.05, 4.69) is 20.3 Å². The van der Waals surface area contributed by atoms with Crippen molar-refractivity contribution in [2.45, 2.75) is 39.8 Å². The number of amides is 2. The molecule has 4 heterocycles. The van der Waals surface area contributed by atoms with Crippen LogP contribution < -0.4 is 5.32 Å². The molecule has 0 atom stereocenters. The van der Waals surface area contributed by atoms with Gasteiger partial charge in [-0.2, -0.15) is 5.10 Å². The van der Waals surface area contributed by atoms with E-state index in [1.54, 1.807) is 17.5 Å². The van der Waals surface area contributed by atoms with E-state index in [-0.39, 0.29) is 16.9 Å². The second kappa shape index (κ2) is 12.4. The fourth-order valence-corrected chi connectivity index (χ4v) is 4.70. The van der Waals surface area contributed by atoms with Gasteiger partial charge in [0.1, 0.15) is 17.2 Å². The topological polar surface area (TPSA) is 106 Å². The highest BCUT2D eigenvalue weighted by molar-refractivity contribution is 6.04. The van der Waals surface area contributed by atoms with Gasteiger partial charge in [0, 0.05) is 49.7 Å². The van der Waals surface area contributed by atoms with Crippen LogP contribution in [0.15, 0.2) is 55.1 Å². The Labute approximate surface area is 243 Å². The minimum atomic E-state index is -0.665. The van der Waals surface area contributed by atoms with Crippen molar-refractivity contribution in [2.24, 2.45) is 0 Å². The Morgan fingerprint density at radius 3 is 2.62 bits per heavy atom. The summed E-state index contributed by atoms with van der Waals surface area (Å²) in [5, 5.41) is 8.30. The number of rotatable bonds is 9. The lowest BCUT2D eigenvalue weighted by Crippen LogP contribution is -2.38. The van der Waals surface area contributed by atoms with Gasteiger partial charge in [-0.25, -0.2) is 14.4 Å². The largest absolute Gasteiger partial charge is 0.379 e. The number of halogens is 1. The van der Waals surface area contributed by atoms with Crippen molar-refractivity contribution in [2.75, 3.05) is 44.7 Å². The molecule has 4 aromatic rings. The third kappa shape index (κ3) is 6.84. The molecule has 11 nitrogen and oxygen atoms in total. The highest BCUT2D eigenvalue weighted by atomic mass is 19.1. The maximum atomic E-state index is 14.7. The van der Waals surface area contributed by atoms with E-state index in [1.807, 2.05) is 50.0 Å². The first-order chi connectivity index (χ1) is 20.1. The van der Waals surface area contributed by atoms with Crippen LogP contribution in [0.25, 0.3) is 16.8 Å². The molecule has 0 bridgehead atoms. The zero-order valence-corrected chi connectivity index (χ0v) is 24.3. The molecule has 5 rings (SSSR count). The van der Waals surface area contributed by atoms with Crippen molar-refractivity contribution in [3.63, 3.8) is 0 Å². The molecule has 42 heavy (non-hydrogen) atoms. The van der Waals surface area contributed by atoms with Crippen LogP contribution in [-0.2, 0) is 16.1 Å². The van der Waals surface area contributed by atoms with Crippen LogP contribution in [0, 0.1) is 5.82 Å². The van der Waals surface area contributed by atoms with Gasteiger partial charge in [-0.05, 0) is 63.6 Å². The number of carbonyl (C=O) groups is 2. The molecule has 1 fully saturated rings. The lowest BCUT2D eigenvalue weighted by Gasteiger charge is -2.29. The Balaban J connectivity index is 1.28. The molecule has 1 aliphatic heterocycles. The Bertz CT molecular complexity index is 1570. The van der Waals surface area contributed by atoms with Gasteiger partial charge in [0.05, 0.1) is 43.4 Å². The second-order valence-electron chi connectivity index (χ2n) is 11.1. The molecule has 3 aromatic heterocycles. The Morgan fingerprint density at radius 1 is 1.10 bits per heavy atom. The lowest BCUT2D eigenvalue weighted by molar-refractivity contribution is -0.193. The number of pyridine rings is 1. The maximum Gasteiger partial charge on any atom is 0.277 e. The minimum absolute atomic E-state index is 0.117. The first-order valence-electron chi connectivity index (χ1n) is 14.0. The maximum absolute atomic E-state index is 14.7. The number of aromatic nitrogens is 4. The van der Waals surface area contributed by atoms with E-state index in [0.29, 0.717) is 12.2 Å². The monoisotopic (exact) mass is 577 g/mol. The molecule has 0 saturated carbocycles. The average Bonchev–Trinajstić information content (AvgIpc) is 3.63. The van der Waals surface area contributed by atoms with E-state index in [0.717, 1.165) is 56.6 Å². The van der Waals surface area contributed by atoms with E-state index in [9.17, 15) is 14.0 Å². The molecule has 222 valence electrons. The molecule has 0 radical (unpaired) electrons. The molecular weight excluding hydrogens is 541 g/mol. The van der Waals surface area contributed by atoms with Crippen molar-refractivity contribution >= 4 is 23.1 Å². The molecule has 1 saturated heterocycles. The summed E-state index contributed by atoms with van der Waals surface area (Å²) in [4.78, 5) is 38.7. The van der Waals surface area contributed by atoms with Crippen LogP contribution in [0.5, 0.6) is 0 Å². The lowest BCUT2D eigenvalue weighted by atomic mass is 10.1. The Morgan fingerprint density at radius 2 is 1.88 bits per heavy atom. The molecule has 0 unspecified atom stereocenters. The normalized spacial score (nSPS) is 14.3. The SMILES string of the molecule is CCN(OC(C)(C)C)C(=O)c1ccc(F)c(NC(=O)c2cnc3cc(-c4cnn(CCN5CCOCC5)c4)ccn23)c1. The fraction of sp³-hybridized carbons (Fsp3) is 0.400. The van der Waals surface area contributed by atoms with E-state index in [4.69, 9.17) is 9.57 Å². The highest BCUT2D eigenvalue weighted by Gasteiger charge is 2.23. The quantitative estimate of drug-likeness (QED) is 0.299. The van der Waals surface area contributed by atoms with Crippen LogP contribution in [0.3, 0.4) is 0 Å². The van der Waals surface area contributed by atoms with Gasteiger partial charge >= 0.3 is 0 Å². The van der Waals surface area contributed by atoms with Gasteiger partial charge in [-0.15, -0.1) is 0 Å².